The quantitative estimate of drug-likeness (QED) is 0.470. The lowest BCUT2D eigenvalue weighted by Crippen LogP contribution is -2.16. The molecule has 2 aromatic rings. The van der Waals surface area contributed by atoms with E-state index in [2.05, 4.69) is 4.72 Å². The molecule has 0 spiro atoms. The Morgan fingerprint density at radius 2 is 1.74 bits per heavy atom. The second-order valence-corrected chi connectivity index (χ2v) is 7.07. The summed E-state index contributed by atoms with van der Waals surface area (Å²) in [6.45, 7) is 0. The van der Waals surface area contributed by atoms with E-state index in [1.807, 2.05) is 0 Å². The number of sulfonamides is 1. The lowest BCUT2D eigenvalue weighted by Gasteiger charge is -2.12. The molecule has 0 heterocycles. The lowest BCUT2D eigenvalue weighted by molar-refractivity contribution is -0.128. The minimum absolute atomic E-state index is 0.0113. The Morgan fingerprint density at radius 1 is 1.07 bits per heavy atom. The van der Waals surface area contributed by atoms with Gasteiger partial charge in [0, 0.05) is 12.5 Å². The van der Waals surface area contributed by atoms with Crippen molar-refractivity contribution in [3.8, 4) is 11.5 Å². The number of benzene rings is 2. The van der Waals surface area contributed by atoms with Crippen molar-refractivity contribution >= 4 is 27.7 Å². The molecule has 0 aromatic heterocycles. The van der Waals surface area contributed by atoms with Gasteiger partial charge < -0.3 is 9.47 Å². The molecule has 1 amide bonds. The first-order valence-corrected chi connectivity index (χ1v) is 9.32. The molecule has 9 heteroatoms. The summed E-state index contributed by atoms with van der Waals surface area (Å²) >= 11 is 0. The summed E-state index contributed by atoms with van der Waals surface area (Å²) in [5, 5.41) is 8.42. The summed E-state index contributed by atoms with van der Waals surface area (Å²) in [7, 11) is -0.821. The predicted octanol–water partition coefficient (Wildman–Crippen LogP) is 2.41. The van der Waals surface area contributed by atoms with Gasteiger partial charge in [0.05, 0.1) is 24.8 Å². The van der Waals surface area contributed by atoms with Crippen LogP contribution in [0.5, 0.6) is 11.5 Å². The Labute approximate surface area is 157 Å². The van der Waals surface area contributed by atoms with Crippen molar-refractivity contribution in [1.29, 1.82) is 0 Å². The van der Waals surface area contributed by atoms with Crippen LogP contribution in [0, 0.1) is 0 Å². The average Bonchev–Trinajstić information content (AvgIpc) is 2.67. The maximum absolute atomic E-state index is 12.5. The molecule has 0 fully saturated rings. The number of anilines is 1. The third-order valence-corrected chi connectivity index (χ3v) is 4.96. The zero-order chi connectivity index (χ0) is 19.9. The first kappa shape index (κ1) is 20.3. The zero-order valence-electron chi connectivity index (χ0n) is 14.8. The number of methoxy groups -OCH3 is 2. The van der Waals surface area contributed by atoms with Gasteiger partial charge in [0.15, 0.2) is 11.5 Å². The molecule has 0 saturated heterocycles. The van der Waals surface area contributed by atoms with E-state index in [-0.39, 0.29) is 11.3 Å². The highest BCUT2D eigenvalue weighted by Gasteiger charge is 2.15. The normalized spacial score (nSPS) is 11.2. The second kappa shape index (κ2) is 9.06. The maximum Gasteiger partial charge on any atom is 0.261 e. The van der Waals surface area contributed by atoms with Crippen LogP contribution in [0.1, 0.15) is 12.0 Å². The Morgan fingerprint density at radius 3 is 2.33 bits per heavy atom. The van der Waals surface area contributed by atoms with Crippen LogP contribution in [-0.4, -0.2) is 33.8 Å². The third kappa shape index (κ3) is 5.47. The van der Waals surface area contributed by atoms with Gasteiger partial charge in [-0.3, -0.25) is 14.7 Å². The molecule has 27 heavy (non-hydrogen) atoms. The van der Waals surface area contributed by atoms with Gasteiger partial charge >= 0.3 is 0 Å². The van der Waals surface area contributed by atoms with E-state index < -0.39 is 15.9 Å². The molecule has 2 rings (SSSR count). The van der Waals surface area contributed by atoms with Crippen molar-refractivity contribution in [2.45, 2.75) is 11.3 Å². The van der Waals surface area contributed by atoms with Gasteiger partial charge in [-0.2, -0.15) is 0 Å². The van der Waals surface area contributed by atoms with Crippen LogP contribution >= 0.6 is 0 Å². The molecule has 0 aliphatic rings. The minimum Gasteiger partial charge on any atom is -0.493 e. The highest BCUT2D eigenvalue weighted by molar-refractivity contribution is 7.92. The van der Waals surface area contributed by atoms with Crippen LogP contribution in [0.3, 0.4) is 0 Å². The Kier molecular flexibility index (Phi) is 6.80. The molecular formula is C18H20N2O6S. The number of carbonyl (C=O) groups is 1. The highest BCUT2D eigenvalue weighted by atomic mass is 32.2. The number of ether oxygens (including phenoxy) is 2. The van der Waals surface area contributed by atoms with Gasteiger partial charge in [0.25, 0.3) is 10.0 Å². The summed E-state index contributed by atoms with van der Waals surface area (Å²) in [5.41, 5.74) is 2.58. The summed E-state index contributed by atoms with van der Waals surface area (Å²) < 4.78 is 37.8. The highest BCUT2D eigenvalue weighted by Crippen LogP contribution is 2.30. The molecule has 8 nitrogen and oxygen atoms in total. The molecule has 0 saturated carbocycles. The molecule has 0 unspecified atom stereocenters. The van der Waals surface area contributed by atoms with E-state index in [1.54, 1.807) is 36.4 Å². The molecule has 0 aliphatic heterocycles. The van der Waals surface area contributed by atoms with E-state index in [4.69, 9.17) is 14.7 Å². The van der Waals surface area contributed by atoms with E-state index >= 15 is 0 Å². The monoisotopic (exact) mass is 392 g/mol. The number of nitrogens with one attached hydrogen (secondary N) is 2. The largest absolute Gasteiger partial charge is 0.493 e. The first-order chi connectivity index (χ1) is 12.9. The second-order valence-electron chi connectivity index (χ2n) is 5.39. The summed E-state index contributed by atoms with van der Waals surface area (Å²) in [5.74, 6) is 0.362. The summed E-state index contributed by atoms with van der Waals surface area (Å²) in [6.07, 6.45) is 3.21. The van der Waals surface area contributed by atoms with Crippen LogP contribution in [0.15, 0.2) is 53.4 Å². The molecule has 144 valence electrons. The number of carbonyl (C=O) groups excluding carboxylic acids is 1. The predicted molar refractivity (Wildman–Crippen MR) is 100 cm³/mol. The van der Waals surface area contributed by atoms with Crippen molar-refractivity contribution < 1.29 is 27.9 Å². The molecule has 0 atom stereocenters. The van der Waals surface area contributed by atoms with Gasteiger partial charge in [0.1, 0.15) is 0 Å². The van der Waals surface area contributed by atoms with Gasteiger partial charge in [0.2, 0.25) is 5.91 Å². The maximum atomic E-state index is 12.5. The Bertz CT molecular complexity index is 923. The van der Waals surface area contributed by atoms with E-state index in [1.165, 1.54) is 37.9 Å². The topological polar surface area (TPSA) is 114 Å². The van der Waals surface area contributed by atoms with Crippen LogP contribution in [0.25, 0.3) is 6.08 Å². The van der Waals surface area contributed by atoms with Gasteiger partial charge in [-0.05, 0) is 29.8 Å². The van der Waals surface area contributed by atoms with Crippen molar-refractivity contribution in [3.63, 3.8) is 0 Å². The van der Waals surface area contributed by atoms with E-state index in [0.29, 0.717) is 22.7 Å². The zero-order valence-corrected chi connectivity index (χ0v) is 15.6. The fourth-order valence-corrected chi connectivity index (χ4v) is 3.27. The smallest absolute Gasteiger partial charge is 0.261 e. The fraction of sp³-hybridized carbons (Fsp3) is 0.167. The van der Waals surface area contributed by atoms with Gasteiger partial charge in [-0.1, -0.05) is 24.3 Å². The fourth-order valence-electron chi connectivity index (χ4n) is 2.22. The number of rotatable bonds is 8. The van der Waals surface area contributed by atoms with E-state index in [0.717, 1.165) is 0 Å². The molecule has 0 radical (unpaired) electrons. The van der Waals surface area contributed by atoms with Crippen molar-refractivity contribution in [2.24, 2.45) is 0 Å². The summed E-state index contributed by atoms with van der Waals surface area (Å²) in [4.78, 5) is 11.0. The summed E-state index contributed by atoms with van der Waals surface area (Å²) in [6, 6.07) is 10.8. The van der Waals surface area contributed by atoms with Crippen LogP contribution < -0.4 is 19.7 Å². The van der Waals surface area contributed by atoms with Crippen LogP contribution in [0.2, 0.25) is 0 Å². The number of hydrogen-bond acceptors (Lipinski definition) is 6. The first-order valence-electron chi connectivity index (χ1n) is 7.84. The number of amides is 1. The van der Waals surface area contributed by atoms with Crippen molar-refractivity contribution in [2.75, 3.05) is 18.9 Å². The average molecular weight is 392 g/mol. The van der Waals surface area contributed by atoms with Crippen LogP contribution in [-0.2, 0) is 14.8 Å². The molecule has 2 aromatic carbocycles. The Balaban J connectivity index is 2.13. The van der Waals surface area contributed by atoms with E-state index in [9.17, 15) is 13.2 Å². The SMILES string of the molecule is COc1ccc(NS(=O)(=O)c2ccc(/C=C/CC(=O)NO)cc2)cc1OC. The Hall–Kier alpha value is -3.04. The van der Waals surface area contributed by atoms with Crippen molar-refractivity contribution in [1.82, 2.24) is 5.48 Å². The van der Waals surface area contributed by atoms with Gasteiger partial charge in [-0.25, -0.2) is 13.9 Å². The van der Waals surface area contributed by atoms with Crippen molar-refractivity contribution in [3.05, 3.63) is 54.1 Å². The third-order valence-electron chi connectivity index (χ3n) is 3.56. The standard InChI is InChI=1S/C18H20N2O6S/c1-25-16-11-8-14(12-17(16)26-2)20-27(23,24)15-9-6-13(7-10-15)4-3-5-18(21)19-22/h3-4,6-12,20,22H,5H2,1-2H3,(H,19,21)/b4-3+. The molecule has 0 aliphatic carbocycles. The molecule has 0 bridgehead atoms. The lowest BCUT2D eigenvalue weighted by atomic mass is 10.2. The number of hydroxylamine groups is 1. The molecular weight excluding hydrogens is 372 g/mol. The van der Waals surface area contributed by atoms with Gasteiger partial charge in [-0.15, -0.1) is 0 Å². The number of hydrogen-bond donors (Lipinski definition) is 3. The van der Waals surface area contributed by atoms with Crippen LogP contribution in [0.4, 0.5) is 5.69 Å². The minimum atomic E-state index is -3.78. The molecule has 3 N–H and O–H groups in total.